The molecule has 0 aromatic heterocycles. The minimum Gasteiger partial charge on any atom is -0.508 e. The third kappa shape index (κ3) is 5.04. The molecule has 102 valence electrons. The molecule has 0 aliphatic rings. The number of phenolic OH excluding ortho intramolecular Hbond substituents is 2. The third-order valence-corrected chi connectivity index (χ3v) is 2.71. The highest BCUT2D eigenvalue weighted by Gasteiger charge is 2.16. The highest BCUT2D eigenvalue weighted by atomic mass is 16.3. The predicted octanol–water partition coefficient (Wildman–Crippen LogP) is 4.39. The Morgan fingerprint density at radius 3 is 1.84 bits per heavy atom. The first-order chi connectivity index (χ1) is 8.80. The van der Waals surface area contributed by atoms with Crippen molar-refractivity contribution in [3.63, 3.8) is 0 Å². The van der Waals surface area contributed by atoms with Crippen molar-refractivity contribution in [1.82, 2.24) is 0 Å². The van der Waals surface area contributed by atoms with Crippen LogP contribution in [0, 0.1) is 6.92 Å². The van der Waals surface area contributed by atoms with E-state index in [-0.39, 0.29) is 5.41 Å². The number of rotatable bonds is 0. The first-order valence-electron chi connectivity index (χ1n) is 6.35. The van der Waals surface area contributed by atoms with Gasteiger partial charge in [-0.3, -0.25) is 0 Å². The summed E-state index contributed by atoms with van der Waals surface area (Å²) in [4.78, 5) is 0. The molecule has 2 N–H and O–H groups in total. The van der Waals surface area contributed by atoms with Crippen LogP contribution < -0.4 is 0 Å². The number of hydrogen-bond donors (Lipinski definition) is 2. The van der Waals surface area contributed by atoms with Gasteiger partial charge in [-0.05, 0) is 41.7 Å². The molecule has 2 rings (SSSR count). The van der Waals surface area contributed by atoms with Crippen LogP contribution in [0.4, 0.5) is 0 Å². The summed E-state index contributed by atoms with van der Waals surface area (Å²) >= 11 is 0. The van der Waals surface area contributed by atoms with E-state index in [4.69, 9.17) is 5.11 Å². The second kappa shape index (κ2) is 6.28. The molecule has 0 amide bonds. The minimum atomic E-state index is 0.0331. The van der Waals surface area contributed by atoms with Gasteiger partial charge in [-0.25, -0.2) is 0 Å². The van der Waals surface area contributed by atoms with E-state index >= 15 is 0 Å². The zero-order valence-corrected chi connectivity index (χ0v) is 12.0. The molecule has 0 radical (unpaired) electrons. The van der Waals surface area contributed by atoms with E-state index < -0.39 is 0 Å². The Kier molecular flexibility index (Phi) is 4.99. The molecular weight excluding hydrogens is 236 g/mol. The van der Waals surface area contributed by atoms with Crippen molar-refractivity contribution in [2.24, 2.45) is 0 Å². The largest absolute Gasteiger partial charge is 0.508 e. The highest BCUT2D eigenvalue weighted by Crippen LogP contribution is 2.29. The van der Waals surface area contributed by atoms with Gasteiger partial charge >= 0.3 is 0 Å². The summed E-state index contributed by atoms with van der Waals surface area (Å²) in [5.74, 6) is 0.727. The maximum absolute atomic E-state index is 9.45. The molecule has 0 unspecified atom stereocenters. The average Bonchev–Trinajstić information content (AvgIpc) is 2.28. The lowest BCUT2D eigenvalue weighted by molar-refractivity contribution is 0.447. The summed E-state index contributed by atoms with van der Waals surface area (Å²) < 4.78 is 0. The van der Waals surface area contributed by atoms with Gasteiger partial charge in [0.05, 0.1) is 0 Å². The van der Waals surface area contributed by atoms with Crippen LogP contribution in [0.2, 0.25) is 0 Å². The summed E-state index contributed by atoms with van der Waals surface area (Å²) in [5.41, 5.74) is 2.12. The Morgan fingerprint density at radius 2 is 1.47 bits per heavy atom. The van der Waals surface area contributed by atoms with Crippen molar-refractivity contribution in [1.29, 1.82) is 0 Å². The molecule has 0 atom stereocenters. The van der Waals surface area contributed by atoms with Crippen LogP contribution in [0.1, 0.15) is 31.9 Å². The molecule has 2 nitrogen and oxygen atoms in total. The molecule has 0 bridgehead atoms. The number of benzene rings is 2. The maximum Gasteiger partial charge on any atom is 0.119 e. The average molecular weight is 258 g/mol. The predicted molar refractivity (Wildman–Crippen MR) is 79.7 cm³/mol. The summed E-state index contributed by atoms with van der Waals surface area (Å²) in [6, 6.07) is 14.6. The quantitative estimate of drug-likeness (QED) is 0.735. The van der Waals surface area contributed by atoms with Gasteiger partial charge in [-0.2, -0.15) is 0 Å². The number of para-hydroxylation sites is 1. The molecule has 19 heavy (non-hydrogen) atoms. The summed E-state index contributed by atoms with van der Waals surface area (Å²) in [6.07, 6.45) is 0. The van der Waals surface area contributed by atoms with Gasteiger partial charge in [0.25, 0.3) is 0 Å². The molecule has 0 aliphatic carbocycles. The number of aryl methyl sites for hydroxylation is 1. The zero-order chi connectivity index (χ0) is 14.5. The first-order valence-corrected chi connectivity index (χ1v) is 6.35. The van der Waals surface area contributed by atoms with E-state index in [0.29, 0.717) is 11.5 Å². The second-order valence-electron chi connectivity index (χ2n) is 5.61. The van der Waals surface area contributed by atoms with Crippen LogP contribution in [0.3, 0.4) is 0 Å². The van der Waals surface area contributed by atoms with Crippen molar-refractivity contribution in [3.8, 4) is 11.5 Å². The minimum absolute atomic E-state index is 0.0331. The molecule has 0 heterocycles. The molecule has 0 saturated carbocycles. The van der Waals surface area contributed by atoms with Crippen LogP contribution in [0.25, 0.3) is 0 Å². The number of aromatic hydroxyl groups is 2. The van der Waals surface area contributed by atoms with Crippen LogP contribution >= 0.6 is 0 Å². The van der Waals surface area contributed by atoms with Crippen LogP contribution in [0.5, 0.6) is 11.5 Å². The monoisotopic (exact) mass is 258 g/mol. The van der Waals surface area contributed by atoms with E-state index in [0.717, 1.165) is 11.1 Å². The lowest BCUT2D eigenvalue weighted by Crippen LogP contribution is -2.10. The topological polar surface area (TPSA) is 40.5 Å². The molecule has 0 aliphatic heterocycles. The van der Waals surface area contributed by atoms with Gasteiger partial charge < -0.3 is 10.2 Å². The van der Waals surface area contributed by atoms with Gasteiger partial charge in [0, 0.05) is 0 Å². The lowest BCUT2D eigenvalue weighted by atomic mass is 9.86. The Balaban J connectivity index is 0.000000200. The molecule has 0 spiro atoms. The Hall–Kier alpha value is -1.96. The van der Waals surface area contributed by atoms with E-state index in [1.165, 1.54) is 0 Å². The van der Waals surface area contributed by atoms with E-state index in [1.807, 2.05) is 37.3 Å². The van der Waals surface area contributed by atoms with Crippen molar-refractivity contribution >= 4 is 0 Å². The zero-order valence-electron chi connectivity index (χ0n) is 12.0. The Labute approximate surface area is 115 Å². The highest BCUT2D eigenvalue weighted by molar-refractivity contribution is 5.36. The van der Waals surface area contributed by atoms with E-state index in [9.17, 15) is 5.11 Å². The van der Waals surface area contributed by atoms with Gasteiger partial charge in [0.2, 0.25) is 0 Å². The fraction of sp³-hybridized carbons (Fsp3) is 0.294. The van der Waals surface area contributed by atoms with Crippen molar-refractivity contribution in [2.75, 3.05) is 0 Å². The fourth-order valence-corrected chi connectivity index (χ4v) is 1.74. The van der Waals surface area contributed by atoms with Gasteiger partial charge in [-0.15, -0.1) is 0 Å². The van der Waals surface area contributed by atoms with Gasteiger partial charge in [-0.1, -0.05) is 51.1 Å². The molecular formula is C17H22O2. The summed E-state index contributed by atoms with van der Waals surface area (Å²) in [6.45, 7) is 8.20. The molecule has 2 aromatic carbocycles. The first kappa shape index (κ1) is 15.1. The summed E-state index contributed by atoms with van der Waals surface area (Å²) in [7, 11) is 0. The number of phenols is 2. The molecule has 2 aromatic rings. The third-order valence-electron chi connectivity index (χ3n) is 2.71. The van der Waals surface area contributed by atoms with Crippen molar-refractivity contribution < 1.29 is 10.2 Å². The normalized spacial score (nSPS) is 10.5. The smallest absolute Gasteiger partial charge is 0.119 e. The van der Waals surface area contributed by atoms with Crippen LogP contribution in [-0.2, 0) is 5.41 Å². The standard InChI is InChI=1S/C10H14O.C7H8O/c1-10(2,3)8-6-4-5-7-9(8)11;1-6-3-2-4-7(8)5-6/h4-7,11H,1-3H3;2-5,8H,1H3. The van der Waals surface area contributed by atoms with Crippen molar-refractivity contribution in [2.45, 2.75) is 33.1 Å². The Morgan fingerprint density at radius 1 is 0.842 bits per heavy atom. The van der Waals surface area contributed by atoms with Crippen molar-refractivity contribution in [3.05, 3.63) is 59.7 Å². The molecule has 0 fully saturated rings. The maximum atomic E-state index is 9.45. The van der Waals surface area contributed by atoms with Crippen LogP contribution in [0.15, 0.2) is 48.5 Å². The fourth-order valence-electron chi connectivity index (χ4n) is 1.74. The lowest BCUT2D eigenvalue weighted by Gasteiger charge is -2.19. The second-order valence-corrected chi connectivity index (χ2v) is 5.61. The SMILES string of the molecule is CC(C)(C)c1ccccc1O.Cc1cccc(O)c1. The van der Waals surface area contributed by atoms with E-state index in [1.54, 1.807) is 18.2 Å². The van der Waals surface area contributed by atoms with Gasteiger partial charge in [0.1, 0.15) is 11.5 Å². The number of hydrogen-bond acceptors (Lipinski definition) is 2. The molecule has 2 heteroatoms. The molecule has 0 saturated heterocycles. The summed E-state index contributed by atoms with van der Waals surface area (Å²) in [5, 5.41) is 18.3. The van der Waals surface area contributed by atoms with Gasteiger partial charge in [0.15, 0.2) is 0 Å². The Bertz CT molecular complexity index is 508. The van der Waals surface area contributed by atoms with Crippen LogP contribution in [-0.4, -0.2) is 10.2 Å². The van der Waals surface area contributed by atoms with E-state index in [2.05, 4.69) is 20.8 Å².